The number of ketones is 1. The number of nitrogens with zero attached hydrogens (tertiary/aromatic N) is 3. The Balaban J connectivity index is 2.41. The molecule has 2 bridgehead atoms. The van der Waals surface area contributed by atoms with Crippen LogP contribution in [0.3, 0.4) is 0 Å². The highest BCUT2D eigenvalue weighted by Crippen LogP contribution is 2.42. The van der Waals surface area contributed by atoms with E-state index >= 15 is 0 Å². The molecule has 0 aromatic carbocycles. The van der Waals surface area contributed by atoms with Gasteiger partial charge in [-0.1, -0.05) is 0 Å². The van der Waals surface area contributed by atoms with E-state index in [2.05, 4.69) is 0 Å². The predicted molar refractivity (Wildman–Crippen MR) is 61.8 cm³/mol. The highest BCUT2D eigenvalue weighted by molar-refractivity contribution is 5.82. The van der Waals surface area contributed by atoms with Crippen LogP contribution >= 0.6 is 0 Å². The third-order valence-electron chi connectivity index (χ3n) is 3.94. The fourth-order valence-electron chi connectivity index (χ4n) is 3.32. The number of Topliss-reactive ketones (excluding diaryl/α,β-unsaturated/α-hetero) is 1. The van der Waals surface area contributed by atoms with Crippen LogP contribution in [-0.4, -0.2) is 63.0 Å². The normalized spacial score (nSPS) is 35.1. The van der Waals surface area contributed by atoms with Crippen molar-refractivity contribution in [1.29, 1.82) is 0 Å². The SMILES string of the molecule is O=C1CC2([N+](=O)[O-])CN(CCO)CC([N+](=O)[O-])(C1)C2. The lowest BCUT2D eigenvalue weighted by Gasteiger charge is -2.45. The minimum atomic E-state index is -1.59. The second-order valence-corrected chi connectivity index (χ2v) is 5.47. The first kappa shape index (κ1) is 13.8. The van der Waals surface area contributed by atoms with Crippen LogP contribution in [0.2, 0.25) is 0 Å². The van der Waals surface area contributed by atoms with E-state index in [-0.39, 0.29) is 45.5 Å². The van der Waals surface area contributed by atoms with Crippen LogP contribution in [0.1, 0.15) is 19.3 Å². The van der Waals surface area contributed by atoms with Crippen LogP contribution in [0.4, 0.5) is 0 Å². The molecule has 2 atom stereocenters. The van der Waals surface area contributed by atoms with Gasteiger partial charge in [0.1, 0.15) is 5.78 Å². The number of β-amino-alcohol motifs (C(OH)–C–C–N with tert-alkyl or cyclic N) is 1. The lowest BCUT2D eigenvalue weighted by atomic mass is 9.67. The molecule has 0 radical (unpaired) electrons. The first-order chi connectivity index (χ1) is 8.83. The summed E-state index contributed by atoms with van der Waals surface area (Å²) in [6, 6.07) is 0. The summed E-state index contributed by atoms with van der Waals surface area (Å²) in [5.41, 5.74) is -3.17. The maximum Gasteiger partial charge on any atom is 0.248 e. The van der Waals surface area contributed by atoms with Gasteiger partial charge < -0.3 is 5.11 Å². The van der Waals surface area contributed by atoms with E-state index in [0.29, 0.717) is 0 Å². The molecule has 19 heavy (non-hydrogen) atoms. The van der Waals surface area contributed by atoms with Gasteiger partial charge >= 0.3 is 0 Å². The number of aliphatic hydroxyl groups excluding tert-OH is 1. The number of nitro groups is 2. The molecule has 0 aromatic heterocycles. The minimum Gasteiger partial charge on any atom is -0.395 e. The van der Waals surface area contributed by atoms with Gasteiger partial charge in [-0.2, -0.15) is 0 Å². The van der Waals surface area contributed by atoms with Crippen LogP contribution < -0.4 is 0 Å². The van der Waals surface area contributed by atoms with E-state index in [1.54, 1.807) is 0 Å². The van der Waals surface area contributed by atoms with Crippen molar-refractivity contribution in [3.8, 4) is 0 Å². The lowest BCUT2D eigenvalue weighted by molar-refractivity contribution is -0.628. The molecule has 1 aliphatic heterocycles. The van der Waals surface area contributed by atoms with Crippen LogP contribution in [0.5, 0.6) is 0 Å². The zero-order valence-corrected chi connectivity index (χ0v) is 10.3. The first-order valence-electron chi connectivity index (χ1n) is 5.97. The number of rotatable bonds is 4. The monoisotopic (exact) mass is 273 g/mol. The molecule has 2 aliphatic rings. The Morgan fingerprint density at radius 2 is 1.63 bits per heavy atom. The largest absolute Gasteiger partial charge is 0.395 e. The Kier molecular flexibility index (Phi) is 3.27. The van der Waals surface area contributed by atoms with Gasteiger partial charge in [-0.25, -0.2) is 0 Å². The summed E-state index contributed by atoms with van der Waals surface area (Å²) in [6.45, 7) is -0.140. The number of piperidine rings is 1. The molecule has 2 rings (SSSR count). The second kappa shape index (κ2) is 4.49. The Morgan fingerprint density at radius 3 is 2.00 bits per heavy atom. The average molecular weight is 273 g/mol. The zero-order valence-electron chi connectivity index (χ0n) is 10.3. The molecule has 1 saturated heterocycles. The number of aliphatic hydroxyl groups is 1. The van der Waals surface area contributed by atoms with Crippen molar-refractivity contribution in [2.75, 3.05) is 26.2 Å². The molecule has 0 spiro atoms. The van der Waals surface area contributed by atoms with Gasteiger partial charge in [0, 0.05) is 16.4 Å². The maximum absolute atomic E-state index is 11.7. The third kappa shape index (κ3) is 2.19. The summed E-state index contributed by atoms with van der Waals surface area (Å²) in [5.74, 6) is -0.428. The lowest BCUT2D eigenvalue weighted by Crippen LogP contribution is -2.69. The van der Waals surface area contributed by atoms with Crippen molar-refractivity contribution in [3.05, 3.63) is 20.2 Å². The summed E-state index contributed by atoms with van der Waals surface area (Å²) in [4.78, 5) is 34.6. The molecule has 1 aliphatic carbocycles. The smallest absolute Gasteiger partial charge is 0.248 e. The highest BCUT2D eigenvalue weighted by Gasteiger charge is 2.66. The van der Waals surface area contributed by atoms with E-state index in [1.807, 2.05) is 0 Å². The third-order valence-corrected chi connectivity index (χ3v) is 3.94. The summed E-state index contributed by atoms with van der Waals surface area (Å²) in [6.07, 6.45) is -0.747. The van der Waals surface area contributed by atoms with Crippen LogP contribution in [0.25, 0.3) is 0 Å². The molecule has 9 nitrogen and oxygen atoms in total. The Hall–Kier alpha value is -1.61. The summed E-state index contributed by atoms with van der Waals surface area (Å²) in [7, 11) is 0. The summed E-state index contributed by atoms with van der Waals surface area (Å²) < 4.78 is 0. The molecule has 106 valence electrons. The van der Waals surface area contributed by atoms with Crippen molar-refractivity contribution in [2.24, 2.45) is 0 Å². The van der Waals surface area contributed by atoms with Gasteiger partial charge in [0.15, 0.2) is 0 Å². The molecule has 0 aromatic rings. The fourth-order valence-corrected chi connectivity index (χ4v) is 3.32. The van der Waals surface area contributed by atoms with E-state index < -0.39 is 26.7 Å². The van der Waals surface area contributed by atoms with Gasteiger partial charge in [0.25, 0.3) is 0 Å². The molecule has 0 amide bonds. The molecule has 1 N–H and O–H groups in total. The minimum absolute atomic E-state index is 0.0259. The average Bonchev–Trinajstić information content (AvgIpc) is 2.27. The Bertz CT molecular complexity index is 407. The fraction of sp³-hybridized carbons (Fsp3) is 0.900. The van der Waals surface area contributed by atoms with E-state index in [0.717, 1.165) is 0 Å². The Morgan fingerprint density at radius 1 is 1.16 bits per heavy atom. The van der Waals surface area contributed by atoms with Crippen molar-refractivity contribution >= 4 is 5.78 Å². The molecular formula is C10H15N3O6. The number of carbonyl (C=O) groups excluding carboxylic acids is 1. The Labute approximate surface area is 108 Å². The van der Waals surface area contributed by atoms with Crippen molar-refractivity contribution in [2.45, 2.75) is 30.3 Å². The van der Waals surface area contributed by atoms with Crippen molar-refractivity contribution < 1.29 is 19.7 Å². The maximum atomic E-state index is 11.7. The molecule has 1 heterocycles. The molecule has 1 saturated carbocycles. The molecule has 2 unspecified atom stereocenters. The number of fused-ring (bicyclic) bond motifs is 2. The molecule has 9 heteroatoms. The summed E-state index contributed by atoms with van der Waals surface area (Å²) >= 11 is 0. The topological polar surface area (TPSA) is 127 Å². The van der Waals surface area contributed by atoms with Crippen LogP contribution in [0, 0.1) is 20.2 Å². The zero-order chi connectivity index (χ0) is 14.3. The van der Waals surface area contributed by atoms with Gasteiger partial charge in [0.05, 0.1) is 39.0 Å². The van der Waals surface area contributed by atoms with Crippen LogP contribution in [0.15, 0.2) is 0 Å². The number of carbonyl (C=O) groups is 1. The van der Waals surface area contributed by atoms with Crippen LogP contribution in [-0.2, 0) is 4.79 Å². The van der Waals surface area contributed by atoms with Crippen molar-refractivity contribution in [1.82, 2.24) is 4.90 Å². The van der Waals surface area contributed by atoms with E-state index in [9.17, 15) is 25.0 Å². The quantitative estimate of drug-likeness (QED) is 0.518. The highest BCUT2D eigenvalue weighted by atomic mass is 16.6. The van der Waals surface area contributed by atoms with Gasteiger partial charge in [-0.15, -0.1) is 0 Å². The summed E-state index contributed by atoms with van der Waals surface area (Å²) in [5, 5.41) is 31.5. The standard InChI is InChI=1S/C10H15N3O6/c14-2-1-11-6-9(12(16)17)3-8(15)4-10(5-9,7-11)13(18)19/h14H,1-7H2. The van der Waals surface area contributed by atoms with Crippen molar-refractivity contribution in [3.63, 3.8) is 0 Å². The first-order valence-corrected chi connectivity index (χ1v) is 5.97. The number of hydrogen-bond acceptors (Lipinski definition) is 7. The number of hydrogen-bond donors (Lipinski definition) is 1. The van der Waals surface area contributed by atoms with Gasteiger partial charge in [0.2, 0.25) is 11.1 Å². The van der Waals surface area contributed by atoms with Gasteiger partial charge in [-0.05, 0) is 0 Å². The number of likely N-dealkylation sites (tertiary alicyclic amines) is 1. The molecular weight excluding hydrogens is 258 g/mol. The second-order valence-electron chi connectivity index (χ2n) is 5.47. The van der Waals surface area contributed by atoms with E-state index in [4.69, 9.17) is 5.11 Å². The van der Waals surface area contributed by atoms with Gasteiger partial charge in [-0.3, -0.25) is 29.9 Å². The van der Waals surface area contributed by atoms with E-state index in [1.165, 1.54) is 4.90 Å². The predicted octanol–water partition coefficient (Wildman–Crippen LogP) is -0.922. The molecule has 2 fully saturated rings.